The van der Waals surface area contributed by atoms with Gasteiger partial charge >= 0.3 is 0 Å². The molecule has 0 aromatic carbocycles. The van der Waals surface area contributed by atoms with Crippen LogP contribution in [-0.2, 0) is 0 Å². The number of nitrogens with zero attached hydrogens (tertiary/aromatic N) is 2. The first-order chi connectivity index (χ1) is 9.25. The molecule has 1 aliphatic rings. The lowest BCUT2D eigenvalue weighted by Gasteiger charge is -2.35. The van der Waals surface area contributed by atoms with Crippen molar-refractivity contribution in [1.29, 1.82) is 0 Å². The van der Waals surface area contributed by atoms with Gasteiger partial charge in [0.15, 0.2) is 5.76 Å². The first-order valence-electron chi connectivity index (χ1n) is 6.15. The van der Waals surface area contributed by atoms with E-state index in [0.717, 1.165) is 24.5 Å². The van der Waals surface area contributed by atoms with Gasteiger partial charge in [0.2, 0.25) is 0 Å². The van der Waals surface area contributed by atoms with E-state index in [1.807, 2.05) is 10.3 Å². The van der Waals surface area contributed by atoms with Crippen molar-refractivity contribution in [3.63, 3.8) is 0 Å². The maximum atomic E-state index is 12.1. The van der Waals surface area contributed by atoms with E-state index in [0.29, 0.717) is 18.8 Å². The highest BCUT2D eigenvalue weighted by atomic mass is 32.1. The van der Waals surface area contributed by atoms with E-state index in [1.165, 1.54) is 6.26 Å². The predicted molar refractivity (Wildman–Crippen MR) is 75.6 cm³/mol. The molecule has 0 unspecified atom stereocenters. The van der Waals surface area contributed by atoms with Gasteiger partial charge in [0.05, 0.1) is 17.6 Å². The molecule has 3 rings (SSSR count). The molecule has 0 atom stereocenters. The summed E-state index contributed by atoms with van der Waals surface area (Å²) < 4.78 is 5.14. The maximum absolute atomic E-state index is 12.1. The number of amides is 1. The molecule has 0 saturated carbocycles. The average molecular weight is 277 g/mol. The fourth-order valence-corrected chi connectivity index (χ4v) is 3.01. The van der Waals surface area contributed by atoms with Gasteiger partial charge in [-0.2, -0.15) is 0 Å². The van der Waals surface area contributed by atoms with Crippen LogP contribution in [0.25, 0.3) is 0 Å². The van der Waals surface area contributed by atoms with E-state index in [9.17, 15) is 4.79 Å². The van der Waals surface area contributed by atoms with E-state index in [1.54, 1.807) is 23.5 Å². The van der Waals surface area contributed by atoms with Crippen molar-refractivity contribution in [3.8, 4) is 0 Å². The van der Waals surface area contributed by atoms with Gasteiger partial charge in [-0.05, 0) is 12.1 Å². The van der Waals surface area contributed by atoms with Crippen molar-refractivity contribution in [2.24, 2.45) is 0 Å². The first kappa shape index (κ1) is 12.1. The van der Waals surface area contributed by atoms with Crippen LogP contribution in [0.4, 0.5) is 11.4 Å². The predicted octanol–water partition coefficient (Wildman–Crippen LogP) is 1.89. The SMILES string of the molecule is Nc1cscc1N1CCN(C(=O)c2ccco2)CC1. The van der Waals surface area contributed by atoms with Gasteiger partial charge < -0.3 is 20.0 Å². The van der Waals surface area contributed by atoms with Crippen LogP contribution in [0.5, 0.6) is 0 Å². The Bertz CT molecular complexity index is 556. The van der Waals surface area contributed by atoms with Crippen molar-refractivity contribution < 1.29 is 9.21 Å². The standard InChI is InChI=1S/C13H15N3O2S/c14-10-8-19-9-11(10)15-3-5-16(6-4-15)13(17)12-2-1-7-18-12/h1-2,7-9H,3-6,14H2. The summed E-state index contributed by atoms with van der Waals surface area (Å²) in [5, 5.41) is 4.00. The molecule has 1 saturated heterocycles. The van der Waals surface area contributed by atoms with Gasteiger partial charge in [-0.3, -0.25) is 4.79 Å². The summed E-state index contributed by atoms with van der Waals surface area (Å²) >= 11 is 1.60. The van der Waals surface area contributed by atoms with Crippen LogP contribution in [0.3, 0.4) is 0 Å². The number of nitrogens with two attached hydrogens (primary N) is 1. The van der Waals surface area contributed by atoms with E-state index >= 15 is 0 Å². The lowest BCUT2D eigenvalue weighted by Crippen LogP contribution is -2.48. The number of thiophene rings is 1. The second-order valence-electron chi connectivity index (χ2n) is 4.47. The lowest BCUT2D eigenvalue weighted by molar-refractivity contribution is 0.0715. The largest absolute Gasteiger partial charge is 0.459 e. The summed E-state index contributed by atoms with van der Waals surface area (Å²) in [6, 6.07) is 3.43. The van der Waals surface area contributed by atoms with Gasteiger partial charge in [-0.1, -0.05) is 0 Å². The Balaban J connectivity index is 1.64. The zero-order chi connectivity index (χ0) is 13.2. The van der Waals surface area contributed by atoms with Crippen LogP contribution in [0.1, 0.15) is 10.6 Å². The van der Waals surface area contributed by atoms with Crippen LogP contribution in [0.2, 0.25) is 0 Å². The van der Waals surface area contributed by atoms with Crippen LogP contribution in [0, 0.1) is 0 Å². The molecule has 0 aliphatic carbocycles. The molecule has 3 heterocycles. The monoisotopic (exact) mass is 277 g/mol. The third-order valence-electron chi connectivity index (χ3n) is 3.31. The Hall–Kier alpha value is -1.95. The van der Waals surface area contributed by atoms with Crippen molar-refractivity contribution in [1.82, 2.24) is 4.90 Å². The average Bonchev–Trinajstić information content (AvgIpc) is 3.09. The third kappa shape index (κ3) is 2.31. The molecule has 2 aromatic rings. The van der Waals surface area contributed by atoms with Crippen molar-refractivity contribution in [2.75, 3.05) is 36.8 Å². The molecular weight excluding hydrogens is 262 g/mol. The zero-order valence-corrected chi connectivity index (χ0v) is 11.2. The van der Waals surface area contributed by atoms with Crippen LogP contribution < -0.4 is 10.6 Å². The van der Waals surface area contributed by atoms with Gasteiger partial charge in [0.25, 0.3) is 5.91 Å². The summed E-state index contributed by atoms with van der Waals surface area (Å²) in [6.45, 7) is 2.98. The molecule has 1 aliphatic heterocycles. The number of piperazine rings is 1. The summed E-state index contributed by atoms with van der Waals surface area (Å²) in [5.74, 6) is 0.367. The quantitative estimate of drug-likeness (QED) is 0.910. The van der Waals surface area contributed by atoms with Gasteiger partial charge in [0.1, 0.15) is 0 Å². The molecule has 1 fully saturated rings. The van der Waals surface area contributed by atoms with Crippen molar-refractivity contribution >= 4 is 28.6 Å². The Labute approximate surface area is 115 Å². The number of anilines is 2. The molecule has 2 aromatic heterocycles. The Morgan fingerprint density at radius 2 is 2.05 bits per heavy atom. The highest BCUT2D eigenvalue weighted by molar-refractivity contribution is 7.08. The molecule has 5 nitrogen and oxygen atoms in total. The van der Waals surface area contributed by atoms with Crippen LogP contribution in [0.15, 0.2) is 33.6 Å². The number of nitrogen functional groups attached to an aromatic ring is 1. The van der Waals surface area contributed by atoms with Crippen molar-refractivity contribution in [2.45, 2.75) is 0 Å². The molecule has 0 spiro atoms. The highest BCUT2D eigenvalue weighted by Gasteiger charge is 2.24. The molecule has 2 N–H and O–H groups in total. The fourth-order valence-electron chi connectivity index (χ4n) is 2.26. The number of hydrogen-bond donors (Lipinski definition) is 1. The summed E-state index contributed by atoms with van der Waals surface area (Å²) in [4.78, 5) is 16.1. The van der Waals surface area contributed by atoms with E-state index < -0.39 is 0 Å². The number of hydrogen-bond acceptors (Lipinski definition) is 5. The molecular formula is C13H15N3O2S. The number of rotatable bonds is 2. The highest BCUT2D eigenvalue weighted by Crippen LogP contribution is 2.28. The summed E-state index contributed by atoms with van der Waals surface area (Å²) in [7, 11) is 0. The smallest absolute Gasteiger partial charge is 0.289 e. The molecule has 0 bridgehead atoms. The Morgan fingerprint density at radius 1 is 1.26 bits per heavy atom. The minimum atomic E-state index is -0.0389. The molecule has 19 heavy (non-hydrogen) atoms. The fraction of sp³-hybridized carbons (Fsp3) is 0.308. The van der Waals surface area contributed by atoms with E-state index in [2.05, 4.69) is 10.3 Å². The van der Waals surface area contributed by atoms with Gasteiger partial charge in [0, 0.05) is 36.9 Å². The number of carbonyl (C=O) groups excluding carboxylic acids is 1. The second kappa shape index (κ2) is 4.97. The minimum Gasteiger partial charge on any atom is -0.459 e. The summed E-state index contributed by atoms with van der Waals surface area (Å²) in [5.41, 5.74) is 7.81. The third-order valence-corrected chi connectivity index (χ3v) is 4.06. The Morgan fingerprint density at radius 3 is 2.63 bits per heavy atom. The van der Waals surface area contributed by atoms with Crippen LogP contribution >= 0.6 is 11.3 Å². The number of carbonyl (C=O) groups is 1. The zero-order valence-electron chi connectivity index (χ0n) is 10.4. The van der Waals surface area contributed by atoms with E-state index in [4.69, 9.17) is 10.2 Å². The topological polar surface area (TPSA) is 62.7 Å². The molecule has 100 valence electrons. The van der Waals surface area contributed by atoms with Crippen molar-refractivity contribution in [3.05, 3.63) is 34.9 Å². The van der Waals surface area contributed by atoms with Gasteiger partial charge in [-0.15, -0.1) is 11.3 Å². The van der Waals surface area contributed by atoms with Gasteiger partial charge in [-0.25, -0.2) is 0 Å². The number of furan rings is 1. The normalized spacial score (nSPS) is 15.8. The molecule has 0 radical (unpaired) electrons. The molecule has 1 amide bonds. The first-order valence-corrected chi connectivity index (χ1v) is 7.09. The second-order valence-corrected chi connectivity index (χ2v) is 5.21. The lowest BCUT2D eigenvalue weighted by atomic mass is 10.2. The minimum absolute atomic E-state index is 0.0389. The Kier molecular flexibility index (Phi) is 3.16. The maximum Gasteiger partial charge on any atom is 0.289 e. The molecule has 6 heteroatoms. The van der Waals surface area contributed by atoms with E-state index in [-0.39, 0.29) is 5.91 Å². The van der Waals surface area contributed by atoms with Crippen LogP contribution in [-0.4, -0.2) is 37.0 Å². The summed E-state index contributed by atoms with van der Waals surface area (Å²) in [6.07, 6.45) is 1.52.